The molecule has 0 unspecified atom stereocenters. The monoisotopic (exact) mass is 353 g/mol. The molecule has 136 valence electrons. The second-order valence-electron chi connectivity index (χ2n) is 6.68. The Kier molecular flexibility index (Phi) is 4.46. The van der Waals surface area contributed by atoms with Gasteiger partial charge in [-0.1, -0.05) is 12.1 Å². The first-order valence-corrected chi connectivity index (χ1v) is 9.00. The van der Waals surface area contributed by atoms with Crippen molar-refractivity contribution in [2.75, 3.05) is 13.7 Å². The molecule has 26 heavy (non-hydrogen) atoms. The molecule has 3 aromatic rings. The molecule has 1 aliphatic carbocycles. The highest BCUT2D eigenvalue weighted by atomic mass is 16.5. The number of nitrogens with zero attached hydrogens (tertiary/aromatic N) is 3. The zero-order valence-corrected chi connectivity index (χ0v) is 15.1. The second kappa shape index (κ2) is 6.92. The van der Waals surface area contributed by atoms with Crippen LogP contribution < -0.4 is 5.32 Å². The number of methoxy groups -OCH3 is 1. The summed E-state index contributed by atoms with van der Waals surface area (Å²) in [5.74, 6) is 0.672. The van der Waals surface area contributed by atoms with Crippen LogP contribution in [-0.4, -0.2) is 39.4 Å². The lowest BCUT2D eigenvalue weighted by Crippen LogP contribution is -2.30. The molecule has 1 aliphatic rings. The number of benzene rings is 1. The van der Waals surface area contributed by atoms with E-state index in [1.54, 1.807) is 7.11 Å². The minimum absolute atomic E-state index is 0.151. The maximum absolute atomic E-state index is 12.7. The first kappa shape index (κ1) is 16.8. The summed E-state index contributed by atoms with van der Waals surface area (Å²) in [5, 5.41) is 10.3. The fourth-order valence-electron chi connectivity index (χ4n) is 3.68. The Labute approximate surface area is 151 Å². The quantitative estimate of drug-likeness (QED) is 0.712. The van der Waals surface area contributed by atoms with Crippen LogP contribution in [0.2, 0.25) is 0 Å². The molecule has 0 radical (unpaired) electrons. The summed E-state index contributed by atoms with van der Waals surface area (Å²) in [7, 11) is 1.68. The van der Waals surface area contributed by atoms with Crippen molar-refractivity contribution in [3.8, 4) is 0 Å². The summed E-state index contributed by atoms with van der Waals surface area (Å²) in [6, 6.07) is 7.75. The number of H-pyrrole nitrogens is 1. The highest BCUT2D eigenvalue weighted by Gasteiger charge is 2.25. The third kappa shape index (κ3) is 2.88. The van der Waals surface area contributed by atoms with Gasteiger partial charge in [0, 0.05) is 24.9 Å². The number of fused-ring (bicyclic) bond motifs is 2. The summed E-state index contributed by atoms with van der Waals surface area (Å²) in [4.78, 5) is 17.5. The zero-order chi connectivity index (χ0) is 18.1. The van der Waals surface area contributed by atoms with Crippen LogP contribution in [0.15, 0.2) is 24.3 Å². The van der Waals surface area contributed by atoms with E-state index in [-0.39, 0.29) is 11.9 Å². The van der Waals surface area contributed by atoms with Crippen molar-refractivity contribution >= 4 is 16.9 Å². The van der Waals surface area contributed by atoms with Gasteiger partial charge in [0.25, 0.3) is 5.91 Å². The van der Waals surface area contributed by atoms with E-state index in [2.05, 4.69) is 20.1 Å². The maximum atomic E-state index is 12.7. The van der Waals surface area contributed by atoms with E-state index < -0.39 is 0 Å². The van der Waals surface area contributed by atoms with Crippen LogP contribution in [0.5, 0.6) is 0 Å². The highest BCUT2D eigenvalue weighted by molar-refractivity contribution is 5.94. The molecule has 0 saturated carbocycles. The number of imidazole rings is 1. The average Bonchev–Trinajstić information content (AvgIpc) is 3.33. The molecule has 0 bridgehead atoms. The van der Waals surface area contributed by atoms with Gasteiger partial charge in [-0.3, -0.25) is 9.89 Å². The molecular weight excluding hydrogens is 330 g/mol. The molecule has 2 heterocycles. The van der Waals surface area contributed by atoms with Crippen LogP contribution in [-0.2, 0) is 24.1 Å². The number of aromatic amines is 1. The van der Waals surface area contributed by atoms with Crippen LogP contribution in [0.4, 0.5) is 0 Å². The van der Waals surface area contributed by atoms with Crippen molar-refractivity contribution in [1.82, 2.24) is 25.1 Å². The van der Waals surface area contributed by atoms with E-state index in [0.717, 1.165) is 47.4 Å². The Morgan fingerprint density at radius 2 is 2.23 bits per heavy atom. The first-order valence-electron chi connectivity index (χ1n) is 9.00. The molecule has 0 saturated heterocycles. The predicted octanol–water partition coefficient (Wildman–Crippen LogP) is 2.39. The lowest BCUT2D eigenvalue weighted by atomic mass is 10.2. The van der Waals surface area contributed by atoms with Gasteiger partial charge in [0.2, 0.25) is 0 Å². The number of carbonyl (C=O) groups is 1. The van der Waals surface area contributed by atoms with Gasteiger partial charge in [-0.05, 0) is 38.3 Å². The van der Waals surface area contributed by atoms with Crippen LogP contribution in [0.1, 0.15) is 47.0 Å². The molecule has 2 aromatic heterocycles. The molecule has 2 N–H and O–H groups in total. The van der Waals surface area contributed by atoms with Gasteiger partial charge < -0.3 is 14.6 Å². The van der Waals surface area contributed by atoms with Crippen LogP contribution in [0.3, 0.4) is 0 Å². The van der Waals surface area contributed by atoms with Crippen LogP contribution in [0.25, 0.3) is 11.0 Å². The molecule has 0 spiro atoms. The molecule has 1 aromatic carbocycles. The average molecular weight is 353 g/mol. The Morgan fingerprint density at radius 3 is 3.08 bits per heavy atom. The smallest absolute Gasteiger partial charge is 0.272 e. The van der Waals surface area contributed by atoms with E-state index in [1.165, 1.54) is 0 Å². The Balaban J connectivity index is 1.61. The van der Waals surface area contributed by atoms with Crippen LogP contribution >= 0.6 is 0 Å². The number of ether oxygens (including phenoxy) is 1. The second-order valence-corrected chi connectivity index (χ2v) is 6.68. The lowest BCUT2D eigenvalue weighted by Gasteiger charge is -2.16. The molecular formula is C19H23N5O2. The molecule has 1 amide bonds. The van der Waals surface area contributed by atoms with Crippen molar-refractivity contribution < 1.29 is 9.53 Å². The first-order chi connectivity index (χ1) is 12.7. The third-order valence-electron chi connectivity index (χ3n) is 4.96. The topological polar surface area (TPSA) is 84.8 Å². The van der Waals surface area contributed by atoms with Gasteiger partial charge in [-0.25, -0.2) is 4.98 Å². The molecule has 7 heteroatoms. The number of aryl methyl sites for hydroxylation is 1. The van der Waals surface area contributed by atoms with Gasteiger partial charge in [-0.15, -0.1) is 0 Å². The minimum Gasteiger partial charge on any atom is -0.383 e. The van der Waals surface area contributed by atoms with Gasteiger partial charge in [0.15, 0.2) is 5.69 Å². The van der Waals surface area contributed by atoms with E-state index in [0.29, 0.717) is 18.8 Å². The fourth-order valence-corrected chi connectivity index (χ4v) is 3.68. The summed E-state index contributed by atoms with van der Waals surface area (Å²) in [6.45, 7) is 3.22. The van der Waals surface area contributed by atoms with Gasteiger partial charge in [0.1, 0.15) is 5.82 Å². The van der Waals surface area contributed by atoms with Crippen molar-refractivity contribution in [1.29, 1.82) is 0 Å². The summed E-state index contributed by atoms with van der Waals surface area (Å²) in [6.07, 6.45) is 2.96. The van der Waals surface area contributed by atoms with E-state index in [1.807, 2.05) is 31.2 Å². The number of aromatic nitrogens is 4. The number of rotatable bonds is 6. The Morgan fingerprint density at radius 1 is 1.38 bits per heavy atom. The summed E-state index contributed by atoms with van der Waals surface area (Å²) < 4.78 is 7.35. The number of carbonyl (C=O) groups excluding carboxylic acids is 1. The minimum atomic E-state index is -0.236. The normalized spacial score (nSPS) is 14.5. The number of amides is 1. The number of nitrogens with one attached hydrogen (secondary N) is 2. The maximum Gasteiger partial charge on any atom is 0.272 e. The largest absolute Gasteiger partial charge is 0.383 e. The Hall–Kier alpha value is -2.67. The van der Waals surface area contributed by atoms with Gasteiger partial charge >= 0.3 is 0 Å². The summed E-state index contributed by atoms with van der Waals surface area (Å²) in [5.41, 5.74) is 4.63. The van der Waals surface area contributed by atoms with Crippen LogP contribution in [0, 0.1) is 0 Å². The van der Waals surface area contributed by atoms with Crippen molar-refractivity contribution in [2.45, 2.75) is 38.8 Å². The zero-order valence-electron chi connectivity index (χ0n) is 15.1. The van der Waals surface area contributed by atoms with E-state index >= 15 is 0 Å². The standard InChI is InChI=1S/C19H23N5O2/c1-12(20-19(25)17-13-6-5-8-14(13)22-23-17)18-21-15-7-3-4-9-16(15)24(18)10-11-26-2/h3-4,7,9,12H,5-6,8,10-11H2,1-2H3,(H,20,25)(H,22,23)/t12-/m0/s1. The predicted molar refractivity (Wildman–Crippen MR) is 98.1 cm³/mol. The fraction of sp³-hybridized carbons (Fsp3) is 0.421. The molecule has 4 rings (SSSR count). The molecule has 1 atom stereocenters. The van der Waals surface area contributed by atoms with Gasteiger partial charge in [0.05, 0.1) is 23.7 Å². The SMILES string of the molecule is COCCn1c([C@H](C)NC(=O)c2n[nH]c3c2CCC3)nc2ccccc21. The third-order valence-corrected chi connectivity index (χ3v) is 4.96. The lowest BCUT2D eigenvalue weighted by molar-refractivity contribution is 0.0931. The van der Waals surface area contributed by atoms with E-state index in [4.69, 9.17) is 9.72 Å². The molecule has 0 aliphatic heterocycles. The van der Waals surface area contributed by atoms with Crippen molar-refractivity contribution in [2.24, 2.45) is 0 Å². The molecule has 0 fully saturated rings. The summed E-state index contributed by atoms with van der Waals surface area (Å²) >= 11 is 0. The number of hydrogen-bond acceptors (Lipinski definition) is 4. The van der Waals surface area contributed by atoms with Gasteiger partial charge in [-0.2, -0.15) is 5.10 Å². The van der Waals surface area contributed by atoms with Crippen molar-refractivity contribution in [3.63, 3.8) is 0 Å². The Bertz CT molecular complexity index is 943. The van der Waals surface area contributed by atoms with E-state index in [9.17, 15) is 4.79 Å². The number of hydrogen-bond donors (Lipinski definition) is 2. The van der Waals surface area contributed by atoms with Crippen molar-refractivity contribution in [3.05, 3.63) is 47.0 Å². The molecule has 7 nitrogen and oxygen atoms in total. The highest BCUT2D eigenvalue weighted by Crippen LogP contribution is 2.24. The number of para-hydroxylation sites is 2.